The van der Waals surface area contributed by atoms with Crippen molar-refractivity contribution in [2.75, 3.05) is 0 Å². The van der Waals surface area contributed by atoms with Crippen LogP contribution in [0.5, 0.6) is 5.75 Å². The molecule has 8 aromatic rings. The normalized spacial score (nSPS) is 14.0. The zero-order valence-corrected chi connectivity index (χ0v) is 41.9. The van der Waals surface area contributed by atoms with Crippen molar-refractivity contribution >= 4 is 11.0 Å². The van der Waals surface area contributed by atoms with Crippen LogP contribution in [0.1, 0.15) is 132 Å². The second kappa shape index (κ2) is 18.0. The van der Waals surface area contributed by atoms with Crippen LogP contribution in [0.25, 0.3) is 72.7 Å². The van der Waals surface area contributed by atoms with Crippen LogP contribution >= 0.6 is 0 Å². The van der Waals surface area contributed by atoms with Crippen molar-refractivity contribution in [3.8, 4) is 67.5 Å². The summed E-state index contributed by atoms with van der Waals surface area (Å²) in [7, 11) is 0. The molecule has 0 spiro atoms. The molecule has 0 fully saturated rings. The maximum Gasteiger partial charge on any atom is 0.148 e. The Bertz CT molecular complexity index is 3330. The van der Waals surface area contributed by atoms with E-state index in [0.29, 0.717) is 33.7 Å². The van der Waals surface area contributed by atoms with Crippen molar-refractivity contribution in [3.63, 3.8) is 0 Å². The molecule has 0 radical (unpaired) electrons. The van der Waals surface area contributed by atoms with Crippen LogP contribution in [0.15, 0.2) is 133 Å². The minimum absolute atomic E-state index is 0. The van der Waals surface area contributed by atoms with E-state index < -0.39 is 36.6 Å². The number of hydrogen-bond acceptors (Lipinski definition) is 3. The van der Waals surface area contributed by atoms with E-state index in [1.165, 1.54) is 5.56 Å². The summed E-state index contributed by atoms with van der Waals surface area (Å²) in [5.41, 5.74) is 11.1. The van der Waals surface area contributed by atoms with E-state index in [2.05, 4.69) is 160 Å². The van der Waals surface area contributed by atoms with Gasteiger partial charge in [0.05, 0.1) is 27.8 Å². The second-order valence-electron chi connectivity index (χ2n) is 20.4. The standard InChI is InChI=1S/C60H64N3O.Pt/c1-37(2)43-33-49(38(3)4)56(64)51(34-43)57-62-55-48(44-30-45(32-47(31-44)58(6,7)8)52-35-42(28-29-61-52)40-24-22-39(5)23-25-40)20-17-21-54(55)63(57)53-27-26-46(60(12,13)59(9,10)11)36-50(53)41-18-15-14-16-19-41;/h14-29,31-38,64H,1-13H3;/q-1;/i5D3,22D,23D,24D,25D;. The van der Waals surface area contributed by atoms with Gasteiger partial charge in [-0.2, -0.15) is 0 Å². The Morgan fingerprint density at radius 1 is 0.662 bits per heavy atom. The maximum absolute atomic E-state index is 12.4. The summed E-state index contributed by atoms with van der Waals surface area (Å²) in [5.74, 6) is 1.01. The van der Waals surface area contributed by atoms with E-state index in [1.807, 2.05) is 24.3 Å². The zero-order chi connectivity index (χ0) is 51.9. The SMILES string of the molecule is [2H]c1c([2H])c(C([2H])([2H])[2H])c([2H])c([2H])c1-c1ccnc(-c2[c-]c(-c3cccc4c3nc(-c3cc(C(C)C)cc(C(C)C)c3O)n4-c3ccc(C(C)(C)C(C)(C)C)cc3-c3ccccc3)cc(C(C)(C)C)c2)c1.[Pt]. The van der Waals surface area contributed by atoms with E-state index in [4.69, 9.17) is 19.6 Å². The molecule has 0 atom stereocenters. The minimum Gasteiger partial charge on any atom is -0.507 e. The first-order chi connectivity index (χ1) is 33.1. The van der Waals surface area contributed by atoms with Gasteiger partial charge in [0.25, 0.3) is 0 Å². The third kappa shape index (κ3) is 9.17. The molecule has 0 unspecified atom stereocenters. The van der Waals surface area contributed by atoms with E-state index in [9.17, 15) is 5.11 Å². The molecule has 8 rings (SSSR count). The molecule has 0 bridgehead atoms. The summed E-state index contributed by atoms with van der Waals surface area (Å²) < 4.78 is 60.9. The van der Waals surface area contributed by atoms with Gasteiger partial charge in [-0.3, -0.25) is 9.55 Å². The Kier molecular flexibility index (Phi) is 10.7. The largest absolute Gasteiger partial charge is 0.507 e. The van der Waals surface area contributed by atoms with Crippen LogP contribution in [0.2, 0.25) is 0 Å². The number of rotatable bonds is 9. The van der Waals surface area contributed by atoms with Crippen LogP contribution in [0, 0.1) is 18.3 Å². The molecule has 0 aliphatic heterocycles. The summed E-state index contributed by atoms with van der Waals surface area (Å²) >= 11 is 0. The van der Waals surface area contributed by atoms with Gasteiger partial charge in [-0.25, -0.2) is 4.98 Å². The molecule has 6 aromatic carbocycles. The van der Waals surface area contributed by atoms with Crippen molar-refractivity contribution < 1.29 is 35.8 Å². The average Bonchev–Trinajstić information content (AvgIpc) is 3.69. The number of aromatic nitrogens is 3. The molecule has 0 saturated heterocycles. The third-order valence-corrected chi connectivity index (χ3v) is 13.3. The number of nitrogens with zero attached hydrogens (tertiary/aromatic N) is 3. The Hall–Kier alpha value is -5.57. The first kappa shape index (κ1) is 38.7. The minimum atomic E-state index is -2.83. The molecular weight excluding hydrogens is 974 g/mol. The number of imidazole rings is 1. The number of pyridine rings is 1. The predicted octanol–water partition coefficient (Wildman–Crippen LogP) is 16.4. The summed E-state index contributed by atoms with van der Waals surface area (Å²) in [5, 5.41) is 12.4. The number of benzene rings is 6. The van der Waals surface area contributed by atoms with Crippen molar-refractivity contribution in [3.05, 3.63) is 167 Å². The van der Waals surface area contributed by atoms with Crippen molar-refractivity contribution in [2.45, 2.75) is 113 Å². The number of para-hydroxylation sites is 1. The van der Waals surface area contributed by atoms with Gasteiger partial charge >= 0.3 is 0 Å². The fourth-order valence-electron chi connectivity index (χ4n) is 8.24. The molecule has 0 aliphatic carbocycles. The van der Waals surface area contributed by atoms with E-state index in [0.717, 1.165) is 50.1 Å². The number of aromatic hydroxyl groups is 1. The summed E-state index contributed by atoms with van der Waals surface area (Å²) in [4.78, 5) is 10.4. The van der Waals surface area contributed by atoms with Gasteiger partial charge in [0.2, 0.25) is 0 Å². The molecule has 2 heterocycles. The van der Waals surface area contributed by atoms with Gasteiger partial charge in [0, 0.05) is 42.6 Å². The van der Waals surface area contributed by atoms with Crippen LogP contribution < -0.4 is 0 Å². The molecule has 2 aromatic heterocycles. The Morgan fingerprint density at radius 2 is 1.37 bits per heavy atom. The Balaban J connectivity index is 0.00000760. The summed E-state index contributed by atoms with van der Waals surface area (Å²) in [6.07, 6.45) is 1.56. The van der Waals surface area contributed by atoms with Crippen LogP contribution in [-0.4, -0.2) is 19.6 Å². The maximum atomic E-state index is 12.4. The van der Waals surface area contributed by atoms with Gasteiger partial charge in [0.1, 0.15) is 11.6 Å². The fraction of sp³-hybridized carbons (Fsp3) is 0.300. The molecule has 0 aliphatic rings. The van der Waals surface area contributed by atoms with Gasteiger partial charge in [-0.05, 0) is 98.6 Å². The fourth-order valence-corrected chi connectivity index (χ4v) is 8.24. The summed E-state index contributed by atoms with van der Waals surface area (Å²) in [6, 6.07) is 36.6. The van der Waals surface area contributed by atoms with Crippen LogP contribution in [-0.2, 0) is 31.9 Å². The topological polar surface area (TPSA) is 50.9 Å². The molecule has 0 saturated carbocycles. The summed E-state index contributed by atoms with van der Waals surface area (Å²) in [6.45, 7) is 23.5. The van der Waals surface area contributed by atoms with Gasteiger partial charge in [-0.15, -0.1) is 29.3 Å². The van der Waals surface area contributed by atoms with Crippen molar-refractivity contribution in [2.24, 2.45) is 5.41 Å². The van der Waals surface area contributed by atoms with Crippen molar-refractivity contribution in [1.29, 1.82) is 0 Å². The van der Waals surface area contributed by atoms with Gasteiger partial charge < -0.3 is 5.11 Å². The third-order valence-electron chi connectivity index (χ3n) is 13.3. The van der Waals surface area contributed by atoms with Crippen LogP contribution in [0.4, 0.5) is 0 Å². The molecule has 65 heavy (non-hydrogen) atoms. The second-order valence-corrected chi connectivity index (χ2v) is 20.4. The number of hydrogen-bond donors (Lipinski definition) is 1. The molecule has 1 N–H and O–H groups in total. The number of phenolic OH excluding ortho intramolecular Hbond substituents is 1. The molecule has 5 heteroatoms. The van der Waals surface area contributed by atoms with E-state index in [1.54, 1.807) is 18.3 Å². The smallest absolute Gasteiger partial charge is 0.148 e. The quantitative estimate of drug-likeness (QED) is 0.147. The Morgan fingerprint density at radius 3 is 2.02 bits per heavy atom. The van der Waals surface area contributed by atoms with E-state index >= 15 is 0 Å². The van der Waals surface area contributed by atoms with Crippen molar-refractivity contribution in [1.82, 2.24) is 14.5 Å². The molecule has 4 nitrogen and oxygen atoms in total. The van der Waals surface area contributed by atoms with E-state index in [-0.39, 0.29) is 60.5 Å². The van der Waals surface area contributed by atoms with Gasteiger partial charge in [-0.1, -0.05) is 185 Å². The van der Waals surface area contributed by atoms with Gasteiger partial charge in [0.15, 0.2) is 0 Å². The molecule has 0 amide bonds. The molecule has 336 valence electrons. The van der Waals surface area contributed by atoms with Crippen LogP contribution in [0.3, 0.4) is 0 Å². The zero-order valence-electron chi connectivity index (χ0n) is 46.7. The average molecular weight is 1050 g/mol. The predicted molar refractivity (Wildman–Crippen MR) is 271 cm³/mol. The monoisotopic (exact) mass is 1040 g/mol. The Labute approximate surface area is 412 Å². The number of fused-ring (bicyclic) bond motifs is 1. The molecular formula is C60H64N3OPt-. The number of phenols is 1. The first-order valence-electron chi connectivity index (χ1n) is 25.9. The first-order valence-corrected chi connectivity index (χ1v) is 22.4.